The average Bonchev–Trinajstić information content (AvgIpc) is 2.81. The number of carbonyl (C=O) groups is 1. The molecule has 0 spiro atoms. The number of hydrogen-bond acceptors (Lipinski definition) is 3. The number of amides is 1. The molecule has 0 saturated heterocycles. The maximum Gasteiger partial charge on any atom is 0.254 e. The third-order valence-corrected chi connectivity index (χ3v) is 2.35. The highest BCUT2D eigenvalue weighted by Crippen LogP contribution is 2.20. The highest BCUT2D eigenvalue weighted by molar-refractivity contribution is 5.95. The Hall–Kier alpha value is -1.62. The van der Waals surface area contributed by atoms with Crippen LogP contribution in [0.3, 0.4) is 0 Å². The monoisotopic (exact) mass is 210 g/mol. The number of aromatic hydroxyl groups is 1. The quantitative estimate of drug-likeness (QED) is 0.659. The summed E-state index contributed by atoms with van der Waals surface area (Å²) < 4.78 is 13.2. The molecule has 15 heavy (non-hydrogen) atoms. The maximum atomic E-state index is 13.2. The van der Waals surface area contributed by atoms with Crippen molar-refractivity contribution in [3.63, 3.8) is 0 Å². The SMILES string of the molecule is NC1CC1NC(=O)c1ccc(O)cc1F. The Kier molecular flexibility index (Phi) is 2.32. The summed E-state index contributed by atoms with van der Waals surface area (Å²) in [6.07, 6.45) is 0.728. The fourth-order valence-corrected chi connectivity index (χ4v) is 1.31. The second-order valence-corrected chi connectivity index (χ2v) is 3.64. The van der Waals surface area contributed by atoms with Crippen molar-refractivity contribution in [2.75, 3.05) is 0 Å². The lowest BCUT2D eigenvalue weighted by Crippen LogP contribution is -2.30. The van der Waals surface area contributed by atoms with Gasteiger partial charge in [0.05, 0.1) is 5.56 Å². The van der Waals surface area contributed by atoms with Crippen LogP contribution in [0.2, 0.25) is 0 Å². The Morgan fingerprint density at radius 2 is 2.27 bits per heavy atom. The van der Waals surface area contributed by atoms with E-state index in [2.05, 4.69) is 5.32 Å². The summed E-state index contributed by atoms with van der Waals surface area (Å²) in [7, 11) is 0. The van der Waals surface area contributed by atoms with Gasteiger partial charge in [-0.15, -0.1) is 0 Å². The van der Waals surface area contributed by atoms with Gasteiger partial charge in [-0.2, -0.15) is 0 Å². The molecule has 0 bridgehead atoms. The highest BCUT2D eigenvalue weighted by atomic mass is 19.1. The number of halogens is 1. The summed E-state index contributed by atoms with van der Waals surface area (Å²) in [6, 6.07) is 3.35. The molecule has 80 valence electrons. The van der Waals surface area contributed by atoms with Crippen LogP contribution in [0.1, 0.15) is 16.8 Å². The zero-order valence-corrected chi connectivity index (χ0v) is 7.90. The van der Waals surface area contributed by atoms with Crippen LogP contribution in [0, 0.1) is 5.82 Å². The molecule has 5 heteroatoms. The number of benzene rings is 1. The molecule has 0 radical (unpaired) electrons. The summed E-state index contributed by atoms with van der Waals surface area (Å²) in [4.78, 5) is 11.5. The molecule has 1 aromatic rings. The summed E-state index contributed by atoms with van der Waals surface area (Å²) in [5.41, 5.74) is 5.43. The molecule has 1 fully saturated rings. The number of rotatable bonds is 2. The molecule has 1 aliphatic carbocycles. The molecule has 4 N–H and O–H groups in total. The molecule has 2 unspecified atom stereocenters. The van der Waals surface area contributed by atoms with E-state index in [0.29, 0.717) is 0 Å². The molecule has 2 atom stereocenters. The van der Waals surface area contributed by atoms with Gasteiger partial charge in [-0.05, 0) is 18.6 Å². The zero-order valence-electron chi connectivity index (χ0n) is 7.90. The number of hydrogen-bond donors (Lipinski definition) is 3. The second-order valence-electron chi connectivity index (χ2n) is 3.64. The molecule has 1 aliphatic rings. The number of phenols is 1. The van der Waals surface area contributed by atoms with Crippen LogP contribution in [-0.4, -0.2) is 23.1 Å². The van der Waals surface area contributed by atoms with Crippen molar-refractivity contribution in [1.29, 1.82) is 0 Å². The molecule has 0 heterocycles. The minimum atomic E-state index is -0.735. The molecular formula is C10H11FN2O2. The van der Waals surface area contributed by atoms with Gasteiger partial charge in [-0.3, -0.25) is 4.79 Å². The molecule has 4 nitrogen and oxygen atoms in total. The van der Waals surface area contributed by atoms with Crippen LogP contribution in [0.15, 0.2) is 18.2 Å². The predicted molar refractivity (Wildman–Crippen MR) is 51.9 cm³/mol. The first-order valence-electron chi connectivity index (χ1n) is 4.63. The van der Waals surface area contributed by atoms with E-state index < -0.39 is 11.7 Å². The maximum absolute atomic E-state index is 13.2. The first-order valence-corrected chi connectivity index (χ1v) is 4.63. The Labute approximate surface area is 85.9 Å². The molecule has 0 aromatic heterocycles. The third kappa shape index (κ3) is 2.07. The van der Waals surface area contributed by atoms with Gasteiger partial charge in [0.2, 0.25) is 0 Å². The van der Waals surface area contributed by atoms with Crippen molar-refractivity contribution in [2.24, 2.45) is 5.73 Å². The molecule has 1 saturated carbocycles. The van der Waals surface area contributed by atoms with E-state index in [-0.39, 0.29) is 23.4 Å². The van der Waals surface area contributed by atoms with Crippen LogP contribution in [0.4, 0.5) is 4.39 Å². The lowest BCUT2D eigenvalue weighted by Gasteiger charge is -2.04. The van der Waals surface area contributed by atoms with Crippen LogP contribution in [0.25, 0.3) is 0 Å². The minimum Gasteiger partial charge on any atom is -0.508 e. The van der Waals surface area contributed by atoms with E-state index >= 15 is 0 Å². The largest absolute Gasteiger partial charge is 0.508 e. The Bertz CT molecular complexity index is 408. The summed E-state index contributed by atoms with van der Waals surface area (Å²) in [5.74, 6) is -1.43. The third-order valence-electron chi connectivity index (χ3n) is 2.35. The number of nitrogens with one attached hydrogen (secondary N) is 1. The van der Waals surface area contributed by atoms with Crippen molar-refractivity contribution < 1.29 is 14.3 Å². The Balaban J connectivity index is 2.11. The number of phenolic OH excluding ortho intramolecular Hbond substituents is 1. The van der Waals surface area contributed by atoms with Crippen LogP contribution >= 0.6 is 0 Å². The summed E-state index contributed by atoms with van der Waals surface area (Å²) in [6.45, 7) is 0. The minimum absolute atomic E-state index is 0.0193. The Morgan fingerprint density at radius 3 is 2.80 bits per heavy atom. The van der Waals surface area contributed by atoms with Crippen molar-refractivity contribution in [3.05, 3.63) is 29.6 Å². The van der Waals surface area contributed by atoms with Gasteiger partial charge in [0.15, 0.2) is 0 Å². The van der Waals surface area contributed by atoms with Gasteiger partial charge >= 0.3 is 0 Å². The Morgan fingerprint density at radius 1 is 1.60 bits per heavy atom. The summed E-state index contributed by atoms with van der Waals surface area (Å²) in [5, 5.41) is 11.6. The van der Waals surface area contributed by atoms with Gasteiger partial charge in [0.1, 0.15) is 11.6 Å². The van der Waals surface area contributed by atoms with Crippen LogP contribution in [0.5, 0.6) is 5.75 Å². The van der Waals surface area contributed by atoms with Crippen molar-refractivity contribution in [3.8, 4) is 5.75 Å². The second kappa shape index (κ2) is 3.51. The molecule has 1 amide bonds. The van der Waals surface area contributed by atoms with Gasteiger partial charge in [-0.1, -0.05) is 0 Å². The number of carbonyl (C=O) groups excluding carboxylic acids is 1. The normalized spacial score (nSPS) is 23.6. The van der Waals surface area contributed by atoms with Gasteiger partial charge < -0.3 is 16.2 Å². The van der Waals surface area contributed by atoms with Crippen molar-refractivity contribution in [2.45, 2.75) is 18.5 Å². The number of nitrogens with two attached hydrogens (primary N) is 1. The molecule has 0 aliphatic heterocycles. The van der Waals surface area contributed by atoms with Crippen molar-refractivity contribution in [1.82, 2.24) is 5.32 Å². The highest BCUT2D eigenvalue weighted by Gasteiger charge is 2.35. The van der Waals surface area contributed by atoms with E-state index in [9.17, 15) is 9.18 Å². The lowest BCUT2D eigenvalue weighted by atomic mass is 10.2. The van der Waals surface area contributed by atoms with E-state index in [0.717, 1.165) is 12.5 Å². The first kappa shape index (κ1) is 9.92. The lowest BCUT2D eigenvalue weighted by molar-refractivity contribution is 0.0946. The first-order chi connectivity index (χ1) is 7.08. The fraction of sp³-hybridized carbons (Fsp3) is 0.300. The van der Waals surface area contributed by atoms with Crippen LogP contribution in [-0.2, 0) is 0 Å². The molecule has 2 rings (SSSR count). The standard InChI is InChI=1S/C10H11FN2O2/c11-7-3-5(14)1-2-6(7)10(15)13-9-4-8(9)12/h1-3,8-9,14H,4,12H2,(H,13,15). The molecule has 1 aromatic carbocycles. The summed E-state index contributed by atoms with van der Waals surface area (Å²) >= 11 is 0. The van der Waals surface area contributed by atoms with E-state index in [1.165, 1.54) is 12.1 Å². The smallest absolute Gasteiger partial charge is 0.254 e. The van der Waals surface area contributed by atoms with Gasteiger partial charge in [0.25, 0.3) is 5.91 Å². The fourth-order valence-electron chi connectivity index (χ4n) is 1.31. The van der Waals surface area contributed by atoms with E-state index in [1.807, 2.05) is 0 Å². The zero-order chi connectivity index (χ0) is 11.0. The predicted octanol–water partition coefficient (Wildman–Crippen LogP) is 0.361. The van der Waals surface area contributed by atoms with Crippen LogP contribution < -0.4 is 11.1 Å². The average molecular weight is 210 g/mol. The van der Waals surface area contributed by atoms with E-state index in [4.69, 9.17) is 10.8 Å². The van der Waals surface area contributed by atoms with Gasteiger partial charge in [0, 0.05) is 18.2 Å². The van der Waals surface area contributed by atoms with Crippen molar-refractivity contribution >= 4 is 5.91 Å². The molecular weight excluding hydrogens is 199 g/mol. The van der Waals surface area contributed by atoms with Gasteiger partial charge in [-0.25, -0.2) is 4.39 Å². The van der Waals surface area contributed by atoms with E-state index in [1.54, 1.807) is 0 Å². The topological polar surface area (TPSA) is 75.3 Å².